The summed E-state index contributed by atoms with van der Waals surface area (Å²) in [7, 11) is 5.94. The Morgan fingerprint density at radius 1 is 1.02 bits per heavy atom. The largest absolute Gasteiger partial charge is 0.495 e. The molecule has 13 nitrogen and oxygen atoms in total. The summed E-state index contributed by atoms with van der Waals surface area (Å²) in [6.07, 6.45) is 4.19. The zero-order valence-corrected chi connectivity index (χ0v) is 37.2. The summed E-state index contributed by atoms with van der Waals surface area (Å²) in [5, 5.41) is 14.6. The van der Waals surface area contributed by atoms with E-state index in [4.69, 9.17) is 30.5 Å². The van der Waals surface area contributed by atoms with E-state index in [0.717, 1.165) is 35.0 Å². The number of para-hydroxylation sites is 1. The summed E-state index contributed by atoms with van der Waals surface area (Å²) in [5.41, 5.74) is -1.64. The van der Waals surface area contributed by atoms with Crippen LogP contribution in [0.5, 0.6) is 5.75 Å². The van der Waals surface area contributed by atoms with Crippen molar-refractivity contribution in [1.82, 2.24) is 14.8 Å². The molecule has 0 amide bonds. The Bertz CT molecular complexity index is 2300. The van der Waals surface area contributed by atoms with E-state index < -0.39 is 51.9 Å². The third-order valence-corrected chi connectivity index (χ3v) is 15.7. The number of aliphatic hydroxyl groups is 1. The van der Waals surface area contributed by atoms with Crippen LogP contribution in [0.25, 0.3) is 10.9 Å². The highest BCUT2D eigenvalue weighted by Crippen LogP contribution is 2.70. The van der Waals surface area contributed by atoms with E-state index in [1.807, 2.05) is 49.1 Å². The van der Waals surface area contributed by atoms with Gasteiger partial charge in [-0.1, -0.05) is 50.2 Å². The number of halogens is 1. The van der Waals surface area contributed by atoms with Crippen molar-refractivity contribution < 1.29 is 43.2 Å². The Morgan fingerprint density at radius 3 is 2.41 bits per heavy atom. The van der Waals surface area contributed by atoms with Crippen LogP contribution >= 0.6 is 11.6 Å². The van der Waals surface area contributed by atoms with Crippen molar-refractivity contribution in [2.24, 2.45) is 11.3 Å². The zero-order chi connectivity index (χ0) is 43.8. The molecule has 4 aliphatic heterocycles. The van der Waals surface area contributed by atoms with Gasteiger partial charge in [-0.25, -0.2) is 4.79 Å². The van der Waals surface area contributed by atoms with Gasteiger partial charge in [-0.05, 0) is 87.0 Å². The highest BCUT2D eigenvalue weighted by atomic mass is 35.5. The van der Waals surface area contributed by atoms with Crippen LogP contribution in [0.15, 0.2) is 43.1 Å². The molecule has 1 aliphatic carbocycles. The van der Waals surface area contributed by atoms with Crippen molar-refractivity contribution in [3.63, 3.8) is 0 Å². The second-order valence-electron chi connectivity index (χ2n) is 17.9. The molecule has 8 atom stereocenters. The van der Waals surface area contributed by atoms with Crippen molar-refractivity contribution in [3.8, 4) is 5.75 Å². The van der Waals surface area contributed by atoms with Gasteiger partial charge in [0.25, 0.3) is 0 Å². The molecule has 2 saturated heterocycles. The van der Waals surface area contributed by atoms with Crippen molar-refractivity contribution in [3.05, 3.63) is 70.5 Å². The van der Waals surface area contributed by atoms with E-state index in [2.05, 4.69) is 21.4 Å². The van der Waals surface area contributed by atoms with Crippen LogP contribution in [-0.2, 0) is 50.6 Å². The first-order valence-corrected chi connectivity index (χ1v) is 22.0. The number of anilines is 1. The third kappa shape index (κ3) is 5.85. The van der Waals surface area contributed by atoms with Crippen LogP contribution in [0.2, 0.25) is 5.02 Å². The van der Waals surface area contributed by atoms with Gasteiger partial charge in [-0.15, -0.1) is 0 Å². The molecule has 328 valence electrons. The number of carbonyl (C=O) groups is 4. The maximum atomic E-state index is 15.4. The highest BCUT2D eigenvalue weighted by Gasteiger charge is 2.81. The molecule has 5 heterocycles. The molecule has 2 N–H and O–H groups in total. The molecule has 1 saturated carbocycles. The number of carbonyl (C=O) groups excluding carboxylic acids is 4. The summed E-state index contributed by atoms with van der Waals surface area (Å²) >= 11 is 7.75. The monoisotopic (exact) mass is 858 g/mol. The summed E-state index contributed by atoms with van der Waals surface area (Å²) in [6, 6.07) is 8.66. The summed E-state index contributed by atoms with van der Waals surface area (Å²) in [5.74, 6) is -2.10. The van der Waals surface area contributed by atoms with Crippen molar-refractivity contribution in [2.75, 3.05) is 59.5 Å². The van der Waals surface area contributed by atoms with E-state index in [9.17, 15) is 19.5 Å². The number of hydrogen-bond donors (Lipinski definition) is 2. The van der Waals surface area contributed by atoms with Gasteiger partial charge in [-0.2, -0.15) is 0 Å². The Hall–Kier alpha value is -4.59. The molecule has 0 bridgehead atoms. The predicted octanol–water partition coefficient (Wildman–Crippen LogP) is 5.84. The lowest BCUT2D eigenvalue weighted by Crippen LogP contribution is -2.82. The quantitative estimate of drug-likeness (QED) is 0.186. The Morgan fingerprint density at radius 2 is 1.75 bits per heavy atom. The molecule has 1 aromatic heterocycles. The molecule has 2 aromatic carbocycles. The number of esters is 3. The first kappa shape index (κ1) is 43.1. The van der Waals surface area contributed by atoms with Crippen molar-refractivity contribution in [2.45, 2.75) is 107 Å². The lowest BCUT2D eigenvalue weighted by molar-refractivity contribution is -0.242. The average molecular weight is 859 g/mol. The Kier molecular flexibility index (Phi) is 11.0. The number of likely N-dealkylation sites (N-methyl/N-ethyl adjacent to an activating group) is 1. The number of hydrogen-bond acceptors (Lipinski definition) is 12. The zero-order valence-electron chi connectivity index (χ0n) is 36.4. The molecule has 8 rings (SSSR count). The van der Waals surface area contributed by atoms with E-state index in [0.29, 0.717) is 68.7 Å². The molecule has 3 fully saturated rings. The van der Waals surface area contributed by atoms with E-state index in [1.165, 1.54) is 28.3 Å². The smallest absolute Gasteiger partial charge is 0.344 e. The molecular formula is C47H59ClN4O9. The first-order chi connectivity index (χ1) is 29.2. The molecule has 1 spiro atoms. The molecule has 5 aliphatic rings. The second kappa shape index (κ2) is 15.6. The van der Waals surface area contributed by atoms with Gasteiger partial charge < -0.3 is 38.8 Å². The molecule has 14 heteroatoms. The number of fused-ring (bicyclic) bond motifs is 4. The van der Waals surface area contributed by atoms with Crippen molar-refractivity contribution in [1.29, 1.82) is 0 Å². The number of ketones is 1. The fourth-order valence-electron chi connectivity index (χ4n) is 13.3. The van der Waals surface area contributed by atoms with Gasteiger partial charge in [0.15, 0.2) is 6.10 Å². The van der Waals surface area contributed by atoms with Gasteiger partial charge >= 0.3 is 17.9 Å². The topological polar surface area (TPSA) is 151 Å². The number of H-pyrrole nitrogens is 1. The number of ether oxygens (including phenoxy) is 4. The number of aromatic nitrogens is 1. The first-order valence-electron chi connectivity index (χ1n) is 21.6. The van der Waals surface area contributed by atoms with Gasteiger partial charge in [0, 0.05) is 78.9 Å². The molecule has 61 heavy (non-hydrogen) atoms. The summed E-state index contributed by atoms with van der Waals surface area (Å²) in [6.45, 7) is 11.8. The third-order valence-electron chi connectivity index (χ3n) is 15.4. The lowest BCUT2D eigenvalue weighted by Gasteiger charge is -2.65. The number of rotatable bonds is 10. The standard InChI is InChI=1S/C47H59ClN4O9/c1-9-29(54)23-28-25-46(42(55)59-7,38-31(17-21-51(11-3)26-28)30-15-12-13-16-34(30)49-38)33-24-32-36(35(48)37(33)58-6)50(5)40-45(32)19-22-52-20-14-18-44(10-2,39(45)52)41(61-27(4)53)47(40,57)43(56)60-8/h11-13,15-16,24,28,39-41,49,57H,3,9-10,14,17-23,25-26H2,1-2,4-8H3/t28-,39-,40-,41-,44-,45-,46+,47?/m1/s1. The van der Waals surface area contributed by atoms with Gasteiger partial charge in [0.05, 0.1) is 33.1 Å². The number of piperidine rings is 1. The summed E-state index contributed by atoms with van der Waals surface area (Å²) in [4.78, 5) is 66.5. The number of benzene rings is 2. The van der Waals surface area contributed by atoms with Gasteiger partial charge in [-0.3, -0.25) is 19.3 Å². The van der Waals surface area contributed by atoms with Crippen LogP contribution < -0.4 is 9.64 Å². The molecule has 3 aromatic rings. The Balaban J connectivity index is 1.50. The van der Waals surface area contributed by atoms with Crippen LogP contribution in [0.1, 0.15) is 88.1 Å². The minimum atomic E-state index is -2.34. The molecule has 0 radical (unpaired) electrons. The highest BCUT2D eigenvalue weighted by molar-refractivity contribution is 6.35. The maximum absolute atomic E-state index is 15.4. The average Bonchev–Trinajstić information content (AvgIpc) is 3.92. The SMILES string of the molecule is C=CN1CCc2c([nH]c3ccccc23)[C@@](C(=O)OC)(c2cc3c(c(Cl)c2OC)N(C)[C@H]2C(O)(C(=O)OC)[C@H](OC(C)=O)[C@]4(CC)CCCN5CC[C@]32[C@H]54)C[C@@H](CC(=O)CC)C1. The molecular weight excluding hydrogens is 800 g/mol. The second-order valence-corrected chi connectivity index (χ2v) is 18.3. The van der Waals surface area contributed by atoms with Gasteiger partial charge in [0.2, 0.25) is 5.60 Å². The minimum Gasteiger partial charge on any atom is -0.495 e. The normalized spacial score (nSPS) is 31.8. The fraction of sp³-hybridized carbons (Fsp3) is 0.574. The van der Waals surface area contributed by atoms with Crippen LogP contribution in [0.3, 0.4) is 0 Å². The van der Waals surface area contributed by atoms with Crippen LogP contribution in [0, 0.1) is 11.3 Å². The van der Waals surface area contributed by atoms with E-state index in [1.54, 1.807) is 13.2 Å². The maximum Gasteiger partial charge on any atom is 0.344 e. The van der Waals surface area contributed by atoms with E-state index in [-0.39, 0.29) is 41.4 Å². The number of methoxy groups -OCH3 is 3. The van der Waals surface area contributed by atoms with Gasteiger partial charge in [0.1, 0.15) is 22.0 Å². The number of nitrogens with zero attached hydrogens (tertiary/aromatic N) is 3. The number of aromatic amines is 1. The van der Waals surface area contributed by atoms with E-state index >= 15 is 4.79 Å². The Labute approximate surface area is 362 Å². The van der Waals surface area contributed by atoms with Crippen molar-refractivity contribution >= 4 is 51.9 Å². The fourth-order valence-corrected chi connectivity index (χ4v) is 13.7. The lowest BCUT2D eigenvalue weighted by atomic mass is 9.46. The van der Waals surface area contributed by atoms with Crippen LogP contribution in [-0.4, -0.2) is 122 Å². The van der Waals surface area contributed by atoms with Crippen LogP contribution in [0.4, 0.5) is 5.69 Å². The summed E-state index contributed by atoms with van der Waals surface area (Å²) < 4.78 is 24.0. The number of nitrogens with one attached hydrogen (secondary N) is 1. The number of Topliss-reactive ketones (excluding diaryl/α,β-unsaturated/α-hetero) is 1. The minimum absolute atomic E-state index is 0.0667. The predicted molar refractivity (Wildman–Crippen MR) is 231 cm³/mol. The molecule has 1 unspecified atom stereocenters.